The summed E-state index contributed by atoms with van der Waals surface area (Å²) >= 11 is 0. The first-order chi connectivity index (χ1) is 40.0. The predicted molar refractivity (Wildman–Crippen MR) is 356 cm³/mol. The summed E-state index contributed by atoms with van der Waals surface area (Å²) in [7, 11) is 0. The monoisotopic (exact) mass is 1140 g/mol. The second kappa shape index (κ2) is 70.6. The van der Waals surface area contributed by atoms with Gasteiger partial charge in [0.25, 0.3) is 0 Å². The Morgan fingerprint density at radius 2 is 0.617 bits per heavy atom. The van der Waals surface area contributed by atoms with Crippen LogP contribution in [0.3, 0.4) is 0 Å². The highest BCUT2D eigenvalue weighted by molar-refractivity contribution is 5.76. The van der Waals surface area contributed by atoms with E-state index in [1.807, 2.05) is 0 Å². The number of carbonyl (C=O) groups is 2. The molecule has 0 aromatic carbocycles. The number of hydrogen-bond donors (Lipinski definition) is 3. The van der Waals surface area contributed by atoms with E-state index >= 15 is 0 Å². The van der Waals surface area contributed by atoms with E-state index in [1.54, 1.807) is 0 Å². The van der Waals surface area contributed by atoms with Crippen LogP contribution in [0, 0.1) is 0 Å². The molecule has 81 heavy (non-hydrogen) atoms. The van der Waals surface area contributed by atoms with Crippen LogP contribution in [0.1, 0.15) is 406 Å². The second-order valence-electron chi connectivity index (χ2n) is 25.3. The van der Waals surface area contributed by atoms with Crippen LogP contribution in [-0.2, 0) is 14.3 Å². The van der Waals surface area contributed by atoms with E-state index in [9.17, 15) is 19.8 Å². The molecule has 0 aromatic heterocycles. The van der Waals surface area contributed by atoms with E-state index in [0.717, 1.165) is 51.4 Å². The van der Waals surface area contributed by atoms with Crippen molar-refractivity contribution in [3.8, 4) is 0 Å². The third-order valence-electron chi connectivity index (χ3n) is 17.2. The summed E-state index contributed by atoms with van der Waals surface area (Å²) in [5, 5.41) is 23.3. The number of esters is 1. The summed E-state index contributed by atoms with van der Waals surface area (Å²) in [6.45, 7) is 4.97. The van der Waals surface area contributed by atoms with Crippen LogP contribution < -0.4 is 5.32 Å². The van der Waals surface area contributed by atoms with E-state index in [1.165, 1.54) is 321 Å². The molecule has 0 aliphatic heterocycles. The van der Waals surface area contributed by atoms with Crippen LogP contribution in [-0.4, -0.2) is 47.4 Å². The van der Waals surface area contributed by atoms with Crippen molar-refractivity contribution in [1.82, 2.24) is 5.32 Å². The van der Waals surface area contributed by atoms with Gasteiger partial charge in [-0.2, -0.15) is 0 Å². The molecule has 0 spiro atoms. The Kier molecular flexibility index (Phi) is 68.9. The summed E-state index contributed by atoms with van der Waals surface area (Å²) in [6, 6.07) is -0.540. The summed E-state index contributed by atoms with van der Waals surface area (Å²) in [5.41, 5.74) is 0. The van der Waals surface area contributed by atoms with Gasteiger partial charge in [-0.15, -0.1) is 0 Å². The van der Waals surface area contributed by atoms with E-state index in [2.05, 4.69) is 55.6 Å². The first-order valence-electron chi connectivity index (χ1n) is 36.7. The van der Waals surface area contributed by atoms with Gasteiger partial charge in [0.05, 0.1) is 25.4 Å². The molecule has 0 radical (unpaired) electrons. The number of allylic oxidation sites excluding steroid dienone is 6. The van der Waals surface area contributed by atoms with Gasteiger partial charge in [-0.05, 0) is 83.5 Å². The maximum atomic E-state index is 12.5. The quantitative estimate of drug-likeness (QED) is 0.0320. The Bertz CT molecular complexity index is 1310. The molecule has 1 amide bonds. The van der Waals surface area contributed by atoms with Gasteiger partial charge in [-0.3, -0.25) is 9.59 Å². The van der Waals surface area contributed by atoms with Gasteiger partial charge in [-0.1, -0.05) is 346 Å². The molecule has 0 bridgehead atoms. The molecule has 0 aromatic rings. The molecule has 0 saturated heterocycles. The van der Waals surface area contributed by atoms with Crippen LogP contribution in [0.4, 0.5) is 0 Å². The van der Waals surface area contributed by atoms with Crippen LogP contribution >= 0.6 is 0 Å². The molecule has 6 nitrogen and oxygen atoms in total. The molecule has 2 atom stereocenters. The zero-order chi connectivity index (χ0) is 58.5. The first-order valence-corrected chi connectivity index (χ1v) is 36.7. The number of amides is 1. The average molecular weight is 1140 g/mol. The minimum Gasteiger partial charge on any atom is -0.466 e. The van der Waals surface area contributed by atoms with Gasteiger partial charge in [0, 0.05) is 12.8 Å². The van der Waals surface area contributed by atoms with E-state index < -0.39 is 12.1 Å². The maximum Gasteiger partial charge on any atom is 0.305 e. The highest BCUT2D eigenvalue weighted by Gasteiger charge is 2.20. The third kappa shape index (κ3) is 67.1. The summed E-state index contributed by atoms with van der Waals surface area (Å²) in [4.78, 5) is 24.6. The van der Waals surface area contributed by atoms with Gasteiger partial charge >= 0.3 is 5.97 Å². The smallest absolute Gasteiger partial charge is 0.305 e. The molecular formula is C75H143NO5. The van der Waals surface area contributed by atoms with E-state index in [-0.39, 0.29) is 18.5 Å². The van der Waals surface area contributed by atoms with Crippen molar-refractivity contribution in [2.75, 3.05) is 13.2 Å². The third-order valence-corrected chi connectivity index (χ3v) is 17.2. The molecule has 0 rings (SSSR count). The highest BCUT2D eigenvalue weighted by atomic mass is 16.5. The van der Waals surface area contributed by atoms with Crippen molar-refractivity contribution in [2.24, 2.45) is 0 Å². The van der Waals surface area contributed by atoms with Crippen molar-refractivity contribution >= 4 is 11.9 Å². The second-order valence-corrected chi connectivity index (χ2v) is 25.3. The Balaban J connectivity index is 3.35. The van der Waals surface area contributed by atoms with Crippen molar-refractivity contribution < 1.29 is 24.5 Å². The minimum absolute atomic E-state index is 0.0108. The number of rotatable bonds is 69. The fourth-order valence-corrected chi connectivity index (χ4v) is 11.6. The molecule has 0 fully saturated rings. The van der Waals surface area contributed by atoms with Gasteiger partial charge in [0.2, 0.25) is 5.91 Å². The number of aliphatic hydroxyl groups is 2. The number of ether oxygens (including phenoxy) is 1. The Labute approximate surface area is 506 Å². The predicted octanol–water partition coefficient (Wildman–Crippen LogP) is 23.9. The summed E-state index contributed by atoms with van der Waals surface area (Å²) in [5.74, 6) is -0.0193. The topological polar surface area (TPSA) is 95.9 Å². The zero-order valence-corrected chi connectivity index (χ0v) is 54.8. The average Bonchev–Trinajstić information content (AvgIpc) is 3.47. The molecule has 0 aliphatic carbocycles. The van der Waals surface area contributed by atoms with Gasteiger partial charge in [-0.25, -0.2) is 0 Å². The Morgan fingerprint density at radius 1 is 0.346 bits per heavy atom. The fourth-order valence-electron chi connectivity index (χ4n) is 11.6. The maximum absolute atomic E-state index is 12.5. The number of nitrogens with one attached hydrogen (secondary N) is 1. The van der Waals surface area contributed by atoms with Crippen LogP contribution in [0.25, 0.3) is 0 Å². The Morgan fingerprint density at radius 3 is 0.963 bits per heavy atom. The number of hydrogen-bond acceptors (Lipinski definition) is 5. The van der Waals surface area contributed by atoms with Crippen molar-refractivity contribution in [3.63, 3.8) is 0 Å². The lowest BCUT2D eigenvalue weighted by Crippen LogP contribution is -2.45. The van der Waals surface area contributed by atoms with Crippen molar-refractivity contribution in [1.29, 1.82) is 0 Å². The van der Waals surface area contributed by atoms with Crippen LogP contribution in [0.15, 0.2) is 36.5 Å². The van der Waals surface area contributed by atoms with E-state index in [0.29, 0.717) is 25.9 Å². The van der Waals surface area contributed by atoms with Crippen molar-refractivity contribution in [3.05, 3.63) is 36.5 Å². The van der Waals surface area contributed by atoms with Gasteiger partial charge < -0.3 is 20.3 Å². The molecule has 3 N–H and O–H groups in total. The van der Waals surface area contributed by atoms with Crippen LogP contribution in [0.5, 0.6) is 0 Å². The lowest BCUT2D eigenvalue weighted by Gasteiger charge is -2.22. The zero-order valence-electron chi connectivity index (χ0n) is 54.8. The molecular weight excluding hydrogens is 995 g/mol. The SMILES string of the molecule is CCCCCC/C=C\C/C=C\CCCCCCCCCC(=O)OCCCCCCCCCCCCCC/C=C\CCCCCCCCCCCCCCCCCC(=O)NC(CO)C(O)CCCCCCCCCCCCCCCCC. The van der Waals surface area contributed by atoms with Crippen molar-refractivity contribution in [2.45, 2.75) is 418 Å². The summed E-state index contributed by atoms with van der Waals surface area (Å²) in [6.07, 6.45) is 90.6. The van der Waals surface area contributed by atoms with Gasteiger partial charge in [0.1, 0.15) is 0 Å². The number of carbonyl (C=O) groups excluding carboxylic acids is 2. The number of unbranched alkanes of at least 4 members (excludes halogenated alkanes) is 52. The minimum atomic E-state index is -0.663. The largest absolute Gasteiger partial charge is 0.466 e. The number of aliphatic hydroxyl groups excluding tert-OH is 2. The fraction of sp³-hybridized carbons (Fsp3) is 0.893. The molecule has 2 unspecified atom stereocenters. The normalized spacial score (nSPS) is 12.7. The molecule has 6 heteroatoms. The van der Waals surface area contributed by atoms with E-state index in [4.69, 9.17) is 4.74 Å². The summed E-state index contributed by atoms with van der Waals surface area (Å²) < 4.78 is 5.50. The molecule has 0 aliphatic rings. The lowest BCUT2D eigenvalue weighted by atomic mass is 10.0. The first kappa shape index (κ1) is 79.1. The lowest BCUT2D eigenvalue weighted by molar-refractivity contribution is -0.143. The molecule has 0 heterocycles. The van der Waals surface area contributed by atoms with Crippen LogP contribution in [0.2, 0.25) is 0 Å². The highest BCUT2D eigenvalue weighted by Crippen LogP contribution is 2.19. The van der Waals surface area contributed by atoms with Gasteiger partial charge in [0.15, 0.2) is 0 Å². The standard InChI is InChI=1S/C75H143NO5/c1-3-5-7-9-11-13-15-17-19-20-37-41-45-49-53-57-61-65-69-75(80)81-70-66-62-58-54-50-46-42-38-35-33-31-29-27-25-23-21-22-24-26-28-30-32-34-36-40-44-48-52-56-60-64-68-74(79)76-72(71-77)73(78)67-63-59-55-51-47-43-39-18-16-14-12-10-8-6-4-2/h13,15,19-20,23,25,72-73,77-78H,3-12,14,16-18,21-22,24,26-71H2,1-2H3,(H,76,79)/b15-13-,20-19-,25-23-. The Hall–Kier alpha value is -1.92. The molecule has 478 valence electrons. The molecule has 0 saturated carbocycles.